The zero-order valence-corrected chi connectivity index (χ0v) is 14.1. The average Bonchev–Trinajstić information content (AvgIpc) is 2.91. The number of nitro groups is 1. The summed E-state index contributed by atoms with van der Waals surface area (Å²) in [6.07, 6.45) is 0. The number of fused-ring (bicyclic) bond motifs is 1. The summed E-state index contributed by atoms with van der Waals surface area (Å²) < 4.78 is 0. The number of carbonyl (C=O) groups is 2. The van der Waals surface area contributed by atoms with Crippen LogP contribution in [0, 0.1) is 17.0 Å². The Hall–Kier alpha value is -3.55. The number of nitrogens with zero attached hydrogens (tertiary/aromatic N) is 2. The van der Waals surface area contributed by atoms with Gasteiger partial charge in [-0.3, -0.25) is 24.7 Å². The molecule has 2 aromatic carbocycles. The van der Waals surface area contributed by atoms with Gasteiger partial charge in [0, 0.05) is 28.6 Å². The van der Waals surface area contributed by atoms with Crippen molar-refractivity contribution < 1.29 is 14.5 Å². The molecule has 1 heterocycles. The van der Waals surface area contributed by atoms with E-state index in [-0.39, 0.29) is 11.6 Å². The lowest BCUT2D eigenvalue weighted by Crippen LogP contribution is -2.18. The maximum atomic E-state index is 12.4. The Bertz CT molecular complexity index is 981. The van der Waals surface area contributed by atoms with E-state index in [4.69, 9.17) is 5.73 Å². The predicted molar refractivity (Wildman–Crippen MR) is 96.9 cm³/mol. The van der Waals surface area contributed by atoms with E-state index in [0.717, 1.165) is 0 Å². The van der Waals surface area contributed by atoms with E-state index < -0.39 is 16.7 Å². The molecule has 26 heavy (non-hydrogen) atoms. The highest BCUT2D eigenvalue weighted by molar-refractivity contribution is 6.18. The molecule has 0 saturated heterocycles. The topological polar surface area (TPSA) is 128 Å². The summed E-state index contributed by atoms with van der Waals surface area (Å²) in [6.45, 7) is 3.34. The maximum Gasteiger partial charge on any atom is 0.274 e. The van der Waals surface area contributed by atoms with Gasteiger partial charge in [-0.2, -0.15) is 0 Å². The fourth-order valence-corrected chi connectivity index (χ4v) is 2.96. The highest BCUT2D eigenvalue weighted by atomic mass is 16.6. The summed E-state index contributed by atoms with van der Waals surface area (Å²) in [5.41, 5.74) is 8.16. The van der Waals surface area contributed by atoms with Crippen LogP contribution in [0.15, 0.2) is 41.4 Å². The van der Waals surface area contributed by atoms with Crippen molar-refractivity contribution in [2.45, 2.75) is 19.8 Å². The SMILES string of the molecule is CC(=Nc1ccc(C)c([N+](=O)[O-])c1)C1C(=O)Nc2cc(C(N)=O)ccc21. The van der Waals surface area contributed by atoms with Crippen LogP contribution in [0.2, 0.25) is 0 Å². The molecule has 0 aliphatic carbocycles. The van der Waals surface area contributed by atoms with Gasteiger partial charge in [-0.05, 0) is 37.6 Å². The van der Waals surface area contributed by atoms with E-state index >= 15 is 0 Å². The number of aryl methyl sites for hydroxylation is 1. The van der Waals surface area contributed by atoms with Crippen LogP contribution in [-0.2, 0) is 4.79 Å². The van der Waals surface area contributed by atoms with Gasteiger partial charge in [0.05, 0.1) is 10.6 Å². The van der Waals surface area contributed by atoms with Crippen molar-refractivity contribution in [3.63, 3.8) is 0 Å². The van der Waals surface area contributed by atoms with Crippen LogP contribution in [0.5, 0.6) is 0 Å². The second kappa shape index (κ2) is 6.40. The minimum atomic E-state index is -0.632. The number of nitro benzene ring substituents is 1. The summed E-state index contributed by atoms with van der Waals surface area (Å²) in [6, 6.07) is 9.40. The number of hydrogen-bond donors (Lipinski definition) is 2. The van der Waals surface area contributed by atoms with Crippen LogP contribution in [0.25, 0.3) is 0 Å². The number of amides is 2. The van der Waals surface area contributed by atoms with Gasteiger partial charge in [0.15, 0.2) is 0 Å². The molecule has 0 fully saturated rings. The van der Waals surface area contributed by atoms with E-state index in [2.05, 4.69) is 10.3 Å². The minimum absolute atomic E-state index is 0.0265. The number of hydrogen-bond acceptors (Lipinski definition) is 5. The standard InChI is InChI=1S/C18H16N4O4/c1-9-3-5-12(8-15(9)22(25)26)20-10(2)16-13-6-4-11(17(19)23)7-14(13)21-18(16)24/h3-8,16H,1-2H3,(H2,19,23)(H,21,24). The molecule has 3 N–H and O–H groups in total. The number of anilines is 1. The lowest BCUT2D eigenvalue weighted by Gasteiger charge is -2.09. The van der Waals surface area contributed by atoms with Crippen LogP contribution in [-0.4, -0.2) is 22.4 Å². The molecular formula is C18H16N4O4. The molecule has 3 rings (SSSR count). The fourth-order valence-electron chi connectivity index (χ4n) is 2.96. The van der Waals surface area contributed by atoms with Crippen molar-refractivity contribution in [1.82, 2.24) is 0 Å². The molecule has 8 heteroatoms. The summed E-state index contributed by atoms with van der Waals surface area (Å²) in [4.78, 5) is 38.6. The van der Waals surface area contributed by atoms with Gasteiger partial charge in [-0.15, -0.1) is 0 Å². The molecule has 0 aromatic heterocycles. The van der Waals surface area contributed by atoms with Crippen LogP contribution in [0.1, 0.15) is 34.3 Å². The molecule has 8 nitrogen and oxygen atoms in total. The lowest BCUT2D eigenvalue weighted by atomic mass is 9.95. The van der Waals surface area contributed by atoms with E-state index in [1.54, 1.807) is 38.1 Å². The van der Waals surface area contributed by atoms with E-state index in [0.29, 0.717) is 33.8 Å². The molecule has 1 aliphatic heterocycles. The van der Waals surface area contributed by atoms with Crippen LogP contribution in [0.3, 0.4) is 0 Å². The quantitative estimate of drug-likeness (QED) is 0.498. The van der Waals surface area contributed by atoms with Crippen molar-refractivity contribution in [2.24, 2.45) is 10.7 Å². The maximum absolute atomic E-state index is 12.4. The molecule has 1 aliphatic rings. The second-order valence-electron chi connectivity index (χ2n) is 6.07. The molecule has 132 valence electrons. The van der Waals surface area contributed by atoms with Gasteiger partial charge in [0.1, 0.15) is 5.92 Å². The number of nitrogens with one attached hydrogen (secondary N) is 1. The average molecular weight is 352 g/mol. The third-order valence-corrected chi connectivity index (χ3v) is 4.28. The Morgan fingerprint density at radius 3 is 2.65 bits per heavy atom. The summed E-state index contributed by atoms with van der Waals surface area (Å²) in [7, 11) is 0. The van der Waals surface area contributed by atoms with Gasteiger partial charge in [0.2, 0.25) is 11.8 Å². The van der Waals surface area contributed by atoms with Gasteiger partial charge >= 0.3 is 0 Å². The first-order valence-electron chi connectivity index (χ1n) is 7.82. The summed E-state index contributed by atoms with van der Waals surface area (Å²) in [5.74, 6) is -1.49. The molecule has 2 amide bonds. The molecule has 0 radical (unpaired) electrons. The summed E-state index contributed by atoms with van der Waals surface area (Å²) in [5, 5.41) is 13.8. The Morgan fingerprint density at radius 1 is 1.27 bits per heavy atom. The van der Waals surface area contributed by atoms with Gasteiger partial charge in [0.25, 0.3) is 5.69 Å². The van der Waals surface area contributed by atoms with Crippen LogP contribution >= 0.6 is 0 Å². The van der Waals surface area contributed by atoms with Crippen molar-refractivity contribution in [3.8, 4) is 0 Å². The molecule has 0 saturated carbocycles. The molecule has 1 unspecified atom stereocenters. The number of carbonyl (C=O) groups excluding carboxylic acids is 2. The predicted octanol–water partition coefficient (Wildman–Crippen LogP) is 2.83. The fraction of sp³-hybridized carbons (Fsp3) is 0.167. The molecule has 0 bridgehead atoms. The number of rotatable bonds is 4. The van der Waals surface area contributed by atoms with E-state index in [9.17, 15) is 19.7 Å². The molecule has 0 spiro atoms. The first-order chi connectivity index (χ1) is 12.3. The first-order valence-corrected chi connectivity index (χ1v) is 7.82. The monoisotopic (exact) mass is 352 g/mol. The smallest absolute Gasteiger partial charge is 0.274 e. The third kappa shape index (κ3) is 3.04. The van der Waals surface area contributed by atoms with Gasteiger partial charge < -0.3 is 11.1 Å². The minimum Gasteiger partial charge on any atom is -0.366 e. The van der Waals surface area contributed by atoms with Gasteiger partial charge in [-0.25, -0.2) is 0 Å². The largest absolute Gasteiger partial charge is 0.366 e. The highest BCUT2D eigenvalue weighted by Crippen LogP contribution is 2.35. The van der Waals surface area contributed by atoms with E-state index in [1.807, 2.05) is 0 Å². The molecular weight excluding hydrogens is 336 g/mol. The van der Waals surface area contributed by atoms with Crippen LogP contribution in [0.4, 0.5) is 17.1 Å². The number of primary amides is 1. The Kier molecular flexibility index (Phi) is 4.25. The van der Waals surface area contributed by atoms with Crippen molar-refractivity contribution >= 4 is 34.6 Å². The van der Waals surface area contributed by atoms with Gasteiger partial charge in [-0.1, -0.05) is 12.1 Å². The number of aliphatic imine (C=N–C) groups is 1. The summed E-state index contributed by atoms with van der Waals surface area (Å²) >= 11 is 0. The number of benzene rings is 2. The zero-order chi connectivity index (χ0) is 19.0. The third-order valence-electron chi connectivity index (χ3n) is 4.28. The van der Waals surface area contributed by atoms with Crippen molar-refractivity contribution in [1.29, 1.82) is 0 Å². The van der Waals surface area contributed by atoms with Crippen molar-refractivity contribution in [3.05, 3.63) is 63.2 Å². The lowest BCUT2D eigenvalue weighted by molar-refractivity contribution is -0.385. The second-order valence-corrected chi connectivity index (χ2v) is 6.07. The molecule has 1 atom stereocenters. The van der Waals surface area contributed by atoms with E-state index in [1.165, 1.54) is 12.1 Å². The Balaban J connectivity index is 1.99. The Labute approximate surface area is 148 Å². The zero-order valence-electron chi connectivity index (χ0n) is 14.1. The van der Waals surface area contributed by atoms with Crippen molar-refractivity contribution in [2.75, 3.05) is 5.32 Å². The van der Waals surface area contributed by atoms with Crippen LogP contribution < -0.4 is 11.1 Å². The normalized spacial score (nSPS) is 16.2. The number of nitrogens with two attached hydrogens (primary N) is 1. The highest BCUT2D eigenvalue weighted by Gasteiger charge is 2.33. The molecule has 2 aromatic rings. The Morgan fingerprint density at radius 2 is 2.00 bits per heavy atom. The first kappa shape index (κ1) is 17.3.